The highest BCUT2D eigenvalue weighted by molar-refractivity contribution is 7.30. The molecule has 3 aliphatic rings. The maximum absolute atomic E-state index is 12.1. The summed E-state index contributed by atoms with van der Waals surface area (Å²) in [5.74, 6) is -1.56. The van der Waals surface area contributed by atoms with Gasteiger partial charge in [-0.2, -0.15) is 0 Å². The minimum Gasteiger partial charge on any atom is -0.485 e. The Bertz CT molecular complexity index is 2130. The highest BCUT2D eigenvalue weighted by atomic mass is 32.1. The Kier molecular flexibility index (Phi) is 7.84. The molecule has 8 amide bonds. The first kappa shape index (κ1) is 31.1. The van der Waals surface area contributed by atoms with Crippen LogP contribution in [0.3, 0.4) is 0 Å². The van der Waals surface area contributed by atoms with Crippen molar-refractivity contribution in [3.05, 3.63) is 69.4 Å². The molecule has 49 heavy (non-hydrogen) atoms. The number of fused-ring (bicyclic) bond motifs is 1. The standard InChI is InChI=1S/C32H18N4O8S5/c37-27-15(28(38)34-31(41)33-27)11-13-1-3-17(45-13)19-5-7-21(47-19)25-23-24(44-10-9-43-23)26(49-25)22-8-6-20(48-22)18-4-2-14(46-18)12-16-29(39)35-32(42)36-30(16)40/h1-8,11-12H,9-10H2,(H2,33,34,37,38,41)(H2,35,36,39,40,42). The summed E-state index contributed by atoms with van der Waals surface area (Å²) in [4.78, 5) is 80.5. The van der Waals surface area contributed by atoms with E-state index in [1.54, 1.807) is 34.0 Å². The van der Waals surface area contributed by atoms with E-state index in [1.165, 1.54) is 34.8 Å². The summed E-state index contributed by atoms with van der Waals surface area (Å²) in [6.45, 7) is 0.856. The molecule has 0 saturated carbocycles. The van der Waals surface area contributed by atoms with Crippen molar-refractivity contribution >= 4 is 105 Å². The molecule has 5 aromatic heterocycles. The molecule has 8 rings (SSSR count). The fourth-order valence-electron chi connectivity index (χ4n) is 5.08. The molecule has 244 valence electrons. The van der Waals surface area contributed by atoms with Crippen LogP contribution in [0.5, 0.6) is 11.5 Å². The van der Waals surface area contributed by atoms with Crippen LogP contribution < -0.4 is 30.7 Å². The summed E-state index contributed by atoms with van der Waals surface area (Å²) < 4.78 is 12.3. The fraction of sp³-hybridized carbons (Fsp3) is 0.0625. The van der Waals surface area contributed by atoms with Crippen LogP contribution in [0.1, 0.15) is 9.75 Å². The van der Waals surface area contributed by atoms with Crippen molar-refractivity contribution in [3.8, 4) is 50.5 Å². The first-order valence-electron chi connectivity index (χ1n) is 14.3. The second kappa shape index (κ2) is 12.4. The second-order valence-electron chi connectivity index (χ2n) is 10.4. The molecule has 0 atom stereocenters. The van der Waals surface area contributed by atoms with Crippen molar-refractivity contribution in [2.24, 2.45) is 0 Å². The van der Waals surface area contributed by atoms with Gasteiger partial charge in [-0.1, -0.05) is 0 Å². The van der Waals surface area contributed by atoms with E-state index in [4.69, 9.17) is 9.47 Å². The number of nitrogens with one attached hydrogen (secondary N) is 4. The number of urea groups is 2. The quantitative estimate of drug-likeness (QED) is 0.122. The number of imide groups is 4. The molecule has 0 unspecified atom stereocenters. The molecule has 0 bridgehead atoms. The van der Waals surface area contributed by atoms with Gasteiger partial charge in [0.15, 0.2) is 11.5 Å². The number of barbiturate groups is 2. The van der Waals surface area contributed by atoms with Crippen LogP contribution in [0.4, 0.5) is 9.59 Å². The van der Waals surface area contributed by atoms with Crippen molar-refractivity contribution in [1.82, 2.24) is 21.3 Å². The number of carbonyl (C=O) groups excluding carboxylic acids is 6. The maximum Gasteiger partial charge on any atom is 0.328 e. The Hall–Kier alpha value is -5.20. The summed E-state index contributed by atoms with van der Waals surface area (Å²) in [7, 11) is 0. The van der Waals surface area contributed by atoms with E-state index >= 15 is 0 Å². The molecule has 3 aliphatic heterocycles. The summed E-state index contributed by atoms with van der Waals surface area (Å²) in [6, 6.07) is 13.9. The Morgan fingerprint density at radius 1 is 0.449 bits per heavy atom. The number of thiophene rings is 5. The van der Waals surface area contributed by atoms with Gasteiger partial charge >= 0.3 is 12.1 Å². The van der Waals surface area contributed by atoms with E-state index < -0.39 is 35.7 Å². The van der Waals surface area contributed by atoms with Crippen LogP contribution >= 0.6 is 56.7 Å². The van der Waals surface area contributed by atoms with Gasteiger partial charge in [-0.15, -0.1) is 56.7 Å². The van der Waals surface area contributed by atoms with Crippen LogP contribution in [-0.2, 0) is 19.2 Å². The highest BCUT2D eigenvalue weighted by Crippen LogP contribution is 2.56. The predicted octanol–water partition coefficient (Wildman–Crippen LogP) is 5.93. The van der Waals surface area contributed by atoms with Crippen molar-refractivity contribution < 1.29 is 38.2 Å². The molecular weight excluding hydrogens is 729 g/mol. The average Bonchev–Trinajstić information content (AvgIpc) is 3.89. The summed E-state index contributed by atoms with van der Waals surface area (Å²) in [6.07, 6.45) is 2.93. The van der Waals surface area contributed by atoms with Crippen molar-refractivity contribution in [2.75, 3.05) is 13.2 Å². The minimum absolute atomic E-state index is 0.135. The molecule has 12 nitrogen and oxygen atoms in total. The summed E-state index contributed by atoms with van der Waals surface area (Å²) in [5.41, 5.74) is -0.269. The summed E-state index contributed by atoms with van der Waals surface area (Å²) in [5, 5.41) is 8.32. The van der Waals surface area contributed by atoms with E-state index in [0.717, 1.165) is 39.0 Å². The largest absolute Gasteiger partial charge is 0.485 e. The monoisotopic (exact) mass is 746 g/mol. The lowest BCUT2D eigenvalue weighted by atomic mass is 10.1. The molecule has 0 aliphatic carbocycles. The van der Waals surface area contributed by atoms with Crippen LogP contribution in [0.2, 0.25) is 0 Å². The average molecular weight is 747 g/mol. The van der Waals surface area contributed by atoms with Crippen molar-refractivity contribution in [2.45, 2.75) is 0 Å². The van der Waals surface area contributed by atoms with Gasteiger partial charge in [0.2, 0.25) is 0 Å². The molecule has 2 fully saturated rings. The van der Waals surface area contributed by atoms with Gasteiger partial charge < -0.3 is 9.47 Å². The first-order chi connectivity index (χ1) is 23.7. The Labute approximate surface area is 295 Å². The van der Waals surface area contributed by atoms with Gasteiger partial charge in [0.25, 0.3) is 23.6 Å². The highest BCUT2D eigenvalue weighted by Gasteiger charge is 2.30. The molecule has 5 aromatic rings. The molecule has 0 spiro atoms. The van der Waals surface area contributed by atoms with Crippen molar-refractivity contribution in [1.29, 1.82) is 0 Å². The zero-order valence-corrected chi connectivity index (χ0v) is 28.6. The minimum atomic E-state index is -0.839. The fourth-order valence-corrected chi connectivity index (χ4v) is 10.6. The van der Waals surface area contributed by atoms with Gasteiger partial charge in [-0.25, -0.2) is 9.59 Å². The lowest BCUT2D eigenvalue weighted by Crippen LogP contribution is -2.51. The van der Waals surface area contributed by atoms with E-state index in [2.05, 4.69) is 21.3 Å². The molecule has 4 N–H and O–H groups in total. The second-order valence-corrected chi connectivity index (χ2v) is 15.9. The lowest BCUT2D eigenvalue weighted by molar-refractivity contribution is -0.125. The third-order valence-electron chi connectivity index (χ3n) is 7.26. The number of amides is 8. The van der Waals surface area contributed by atoms with Crippen LogP contribution in [0.15, 0.2) is 59.7 Å². The first-order valence-corrected chi connectivity index (χ1v) is 18.4. The predicted molar refractivity (Wildman–Crippen MR) is 188 cm³/mol. The van der Waals surface area contributed by atoms with Crippen LogP contribution in [0, 0.1) is 0 Å². The third-order valence-corrected chi connectivity index (χ3v) is 13.4. The number of hydrogen-bond donors (Lipinski definition) is 4. The van der Waals surface area contributed by atoms with E-state index in [0.29, 0.717) is 34.5 Å². The molecule has 17 heteroatoms. The Balaban J connectivity index is 1.05. The van der Waals surface area contributed by atoms with Gasteiger partial charge in [0.05, 0.1) is 9.75 Å². The topological polar surface area (TPSA) is 169 Å². The van der Waals surface area contributed by atoms with Crippen LogP contribution in [-0.4, -0.2) is 48.9 Å². The van der Waals surface area contributed by atoms with Gasteiger partial charge in [0.1, 0.15) is 24.4 Å². The van der Waals surface area contributed by atoms with E-state index in [-0.39, 0.29) is 11.1 Å². The Morgan fingerprint density at radius 3 is 1.20 bits per heavy atom. The smallest absolute Gasteiger partial charge is 0.328 e. The number of rotatable bonds is 6. The number of hydrogen-bond acceptors (Lipinski definition) is 13. The SMILES string of the molecule is O=C1NC(=O)C(=Cc2ccc(-c3ccc(-c4sc(-c5ccc(-c6ccc(C=C7C(=O)NC(=O)NC7=O)s6)s5)c5c4OCCO5)s3)s2)C(=O)N1. The molecular formula is C32H18N4O8S5. The van der Waals surface area contributed by atoms with E-state index in [1.807, 2.05) is 48.5 Å². The van der Waals surface area contributed by atoms with Gasteiger partial charge in [0, 0.05) is 39.0 Å². The molecule has 2 saturated heterocycles. The number of ether oxygens (including phenoxy) is 2. The van der Waals surface area contributed by atoms with E-state index in [9.17, 15) is 28.8 Å². The van der Waals surface area contributed by atoms with Crippen LogP contribution in [0.25, 0.3) is 51.2 Å². The summed E-state index contributed by atoms with van der Waals surface area (Å²) >= 11 is 7.59. The maximum atomic E-state index is 12.1. The molecule has 0 radical (unpaired) electrons. The Morgan fingerprint density at radius 2 is 0.796 bits per heavy atom. The van der Waals surface area contributed by atoms with Gasteiger partial charge in [-0.05, 0) is 60.7 Å². The molecule has 8 heterocycles. The zero-order chi connectivity index (χ0) is 33.8. The normalized spacial score (nSPS) is 15.9. The van der Waals surface area contributed by atoms with Crippen molar-refractivity contribution in [3.63, 3.8) is 0 Å². The number of carbonyl (C=O) groups is 6. The molecule has 0 aromatic carbocycles. The zero-order valence-electron chi connectivity index (χ0n) is 24.5. The van der Waals surface area contributed by atoms with Gasteiger partial charge in [-0.3, -0.25) is 40.4 Å². The third kappa shape index (κ3) is 5.91. The lowest BCUT2D eigenvalue weighted by Gasteiger charge is -2.16.